The second-order valence-corrected chi connectivity index (χ2v) is 6.41. The highest BCUT2D eigenvalue weighted by molar-refractivity contribution is 7.14. The fourth-order valence-corrected chi connectivity index (χ4v) is 4.38. The van der Waals surface area contributed by atoms with Crippen molar-refractivity contribution in [3.8, 4) is 0 Å². The van der Waals surface area contributed by atoms with Gasteiger partial charge in [-0.2, -0.15) is 0 Å². The van der Waals surface area contributed by atoms with Gasteiger partial charge in [-0.15, -0.1) is 11.3 Å². The van der Waals surface area contributed by atoms with Crippen LogP contribution in [0.4, 0.5) is 0 Å². The Morgan fingerprint density at radius 2 is 1.89 bits per heavy atom. The molecule has 1 aromatic rings. The van der Waals surface area contributed by atoms with Crippen molar-refractivity contribution in [2.45, 2.75) is 51.0 Å². The van der Waals surface area contributed by atoms with Crippen LogP contribution < -0.4 is 10.4 Å². The molecule has 0 aliphatic heterocycles. The highest BCUT2D eigenvalue weighted by Crippen LogP contribution is 2.35. The molecular weight excluding hydrogens is 262 g/mol. The fourth-order valence-electron chi connectivity index (χ4n) is 3.10. The Balaban J connectivity index is 1.87. The number of thiophene rings is 1. The van der Waals surface area contributed by atoms with E-state index in [1.165, 1.54) is 11.3 Å². The molecule has 0 aromatic carbocycles. The summed E-state index contributed by atoms with van der Waals surface area (Å²) in [5.74, 6) is -1.44. The van der Waals surface area contributed by atoms with Gasteiger partial charge in [-0.25, -0.2) is 0 Å². The van der Waals surface area contributed by atoms with Crippen LogP contribution >= 0.6 is 11.3 Å². The third-order valence-electron chi connectivity index (χ3n) is 4.02. The Hall–Kier alpha value is -1.36. The van der Waals surface area contributed by atoms with Crippen LogP contribution in [0.15, 0.2) is 0 Å². The van der Waals surface area contributed by atoms with Crippen LogP contribution in [0.5, 0.6) is 0 Å². The van der Waals surface area contributed by atoms with Crippen LogP contribution in [0.3, 0.4) is 0 Å². The maximum atomic E-state index is 12.2. The van der Waals surface area contributed by atoms with Crippen LogP contribution in [-0.4, -0.2) is 17.9 Å². The predicted molar refractivity (Wildman–Crippen MR) is 70.4 cm³/mol. The Morgan fingerprint density at radius 3 is 2.58 bits per heavy atom. The first-order chi connectivity index (χ1) is 9.16. The Labute approximate surface area is 115 Å². The van der Waals surface area contributed by atoms with Gasteiger partial charge in [-0.3, -0.25) is 4.79 Å². The molecule has 1 heterocycles. The maximum Gasteiger partial charge on any atom is 0.262 e. The van der Waals surface area contributed by atoms with Gasteiger partial charge in [0.2, 0.25) is 0 Å². The summed E-state index contributed by atoms with van der Waals surface area (Å²) in [7, 11) is 0. The summed E-state index contributed by atoms with van der Waals surface area (Å²) >= 11 is 1.34. The van der Waals surface area contributed by atoms with Gasteiger partial charge in [0.15, 0.2) is 0 Å². The first-order valence-electron chi connectivity index (χ1n) is 6.83. The number of aryl methyl sites for hydroxylation is 1. The number of carbonyl (C=O) groups excluding carboxylic acids is 2. The zero-order valence-corrected chi connectivity index (χ0v) is 11.5. The fraction of sp³-hybridized carbons (Fsp3) is 0.571. The number of fused-ring (bicyclic) bond motifs is 1. The zero-order valence-electron chi connectivity index (χ0n) is 10.7. The minimum absolute atomic E-state index is 0.146. The minimum Gasteiger partial charge on any atom is -0.545 e. The molecule has 1 fully saturated rings. The molecule has 1 amide bonds. The number of amides is 1. The number of hydrogen-bond donors (Lipinski definition) is 1. The van der Waals surface area contributed by atoms with Gasteiger partial charge in [0.25, 0.3) is 5.91 Å². The molecular formula is C14H16NO3S-. The molecule has 2 aliphatic carbocycles. The van der Waals surface area contributed by atoms with Crippen molar-refractivity contribution in [2.75, 3.05) is 0 Å². The summed E-state index contributed by atoms with van der Waals surface area (Å²) in [6.45, 7) is 0. The number of nitrogens with one attached hydrogen (secondary N) is 1. The average Bonchev–Trinajstić information content (AvgIpc) is 3.02. The predicted octanol–water partition coefficient (Wildman–Crippen LogP) is 1.27. The van der Waals surface area contributed by atoms with Crippen LogP contribution in [-0.2, 0) is 12.8 Å². The summed E-state index contributed by atoms with van der Waals surface area (Å²) in [5.41, 5.74) is 0.981. The topological polar surface area (TPSA) is 69.2 Å². The maximum absolute atomic E-state index is 12.2. The SMILES string of the molecule is O=C(NC1CCCC1)c1sc2c(c1C(=O)[O-])CCC2. The number of hydrogen-bond acceptors (Lipinski definition) is 4. The number of carboxylic acid groups (broad SMARTS) is 1. The molecule has 1 N–H and O–H groups in total. The van der Waals surface area contributed by atoms with Crippen LogP contribution in [0.25, 0.3) is 0 Å². The van der Waals surface area contributed by atoms with Crippen molar-refractivity contribution < 1.29 is 14.7 Å². The highest BCUT2D eigenvalue weighted by Gasteiger charge is 2.27. The molecule has 5 heteroatoms. The first-order valence-corrected chi connectivity index (χ1v) is 7.65. The molecule has 0 atom stereocenters. The lowest BCUT2D eigenvalue weighted by Crippen LogP contribution is -2.34. The van der Waals surface area contributed by atoms with Gasteiger partial charge < -0.3 is 15.2 Å². The van der Waals surface area contributed by atoms with E-state index in [2.05, 4.69) is 5.32 Å². The lowest BCUT2D eigenvalue weighted by atomic mass is 10.1. The number of carboxylic acids is 1. The van der Waals surface area contributed by atoms with Crippen molar-refractivity contribution in [2.24, 2.45) is 0 Å². The lowest BCUT2D eigenvalue weighted by Gasteiger charge is -2.13. The molecule has 0 bridgehead atoms. The van der Waals surface area contributed by atoms with Gasteiger partial charge in [0, 0.05) is 16.5 Å². The van der Waals surface area contributed by atoms with Crippen LogP contribution in [0.2, 0.25) is 0 Å². The third kappa shape index (κ3) is 2.27. The van der Waals surface area contributed by atoms with E-state index in [0.717, 1.165) is 55.4 Å². The molecule has 2 aliphatic rings. The van der Waals surface area contributed by atoms with E-state index in [1.807, 2.05) is 0 Å². The Bertz CT molecular complexity index is 529. The largest absolute Gasteiger partial charge is 0.545 e. The second kappa shape index (κ2) is 4.96. The van der Waals surface area contributed by atoms with E-state index < -0.39 is 5.97 Å². The van der Waals surface area contributed by atoms with Crippen molar-refractivity contribution in [3.05, 3.63) is 20.9 Å². The van der Waals surface area contributed by atoms with E-state index >= 15 is 0 Å². The van der Waals surface area contributed by atoms with Crippen LogP contribution in [0.1, 0.15) is 62.6 Å². The van der Waals surface area contributed by atoms with Gasteiger partial charge in [-0.05, 0) is 37.7 Å². The van der Waals surface area contributed by atoms with Gasteiger partial charge in [-0.1, -0.05) is 12.8 Å². The smallest absolute Gasteiger partial charge is 0.262 e. The standard InChI is InChI=1S/C14H17NO3S/c16-13(15-8-4-1-2-5-8)12-11(14(17)18)9-6-3-7-10(9)19-12/h8H,1-7H2,(H,15,16)(H,17,18)/p-1. The quantitative estimate of drug-likeness (QED) is 0.905. The van der Waals surface area contributed by atoms with Gasteiger partial charge in [0.1, 0.15) is 4.88 Å². The van der Waals surface area contributed by atoms with E-state index in [0.29, 0.717) is 4.88 Å². The van der Waals surface area contributed by atoms with Crippen molar-refractivity contribution in [1.82, 2.24) is 5.32 Å². The van der Waals surface area contributed by atoms with E-state index in [9.17, 15) is 14.7 Å². The molecule has 19 heavy (non-hydrogen) atoms. The van der Waals surface area contributed by atoms with E-state index in [1.54, 1.807) is 0 Å². The molecule has 3 rings (SSSR count). The van der Waals surface area contributed by atoms with Gasteiger partial charge >= 0.3 is 0 Å². The van der Waals surface area contributed by atoms with Crippen molar-refractivity contribution >= 4 is 23.2 Å². The summed E-state index contributed by atoms with van der Waals surface area (Å²) in [6, 6.07) is 0.207. The first kappa shape index (κ1) is 12.7. The number of aromatic carboxylic acids is 1. The van der Waals surface area contributed by atoms with Gasteiger partial charge in [0.05, 0.1) is 5.97 Å². The van der Waals surface area contributed by atoms with Crippen molar-refractivity contribution in [1.29, 1.82) is 0 Å². The molecule has 1 saturated carbocycles. The summed E-state index contributed by atoms with van der Waals surface area (Å²) in [5, 5.41) is 14.3. The molecule has 0 saturated heterocycles. The molecule has 4 nitrogen and oxygen atoms in total. The minimum atomic E-state index is -1.21. The Morgan fingerprint density at radius 1 is 1.16 bits per heavy atom. The second-order valence-electron chi connectivity index (χ2n) is 5.30. The third-order valence-corrected chi connectivity index (χ3v) is 5.31. The molecule has 1 aromatic heterocycles. The monoisotopic (exact) mass is 278 g/mol. The average molecular weight is 278 g/mol. The lowest BCUT2D eigenvalue weighted by molar-refractivity contribution is -0.255. The Kier molecular flexibility index (Phi) is 3.31. The molecule has 0 radical (unpaired) electrons. The van der Waals surface area contributed by atoms with E-state index in [-0.39, 0.29) is 17.5 Å². The number of carbonyl (C=O) groups is 2. The van der Waals surface area contributed by atoms with Crippen molar-refractivity contribution in [3.63, 3.8) is 0 Å². The van der Waals surface area contributed by atoms with Crippen LogP contribution in [0, 0.1) is 0 Å². The summed E-state index contributed by atoms with van der Waals surface area (Å²) in [4.78, 5) is 24.9. The molecule has 102 valence electrons. The summed E-state index contributed by atoms with van der Waals surface area (Å²) < 4.78 is 0. The molecule has 0 unspecified atom stereocenters. The van der Waals surface area contributed by atoms with E-state index in [4.69, 9.17) is 0 Å². The zero-order chi connectivity index (χ0) is 13.4. The molecule has 0 spiro atoms. The number of rotatable bonds is 3. The summed E-state index contributed by atoms with van der Waals surface area (Å²) in [6.07, 6.45) is 6.89. The highest BCUT2D eigenvalue weighted by atomic mass is 32.1. The normalized spacial score (nSPS) is 18.5.